The molecular formula is C51H30. The average molecular weight is 643 g/mol. The summed E-state index contributed by atoms with van der Waals surface area (Å²) in [5.41, 5.74) is 24.5. The average Bonchev–Trinajstić information content (AvgIpc) is 3.85. The molecule has 51 heavy (non-hydrogen) atoms. The van der Waals surface area contributed by atoms with Crippen LogP contribution >= 0.6 is 0 Å². The first kappa shape index (κ1) is 26.6. The van der Waals surface area contributed by atoms with Crippen molar-refractivity contribution in [3.8, 4) is 89.0 Å². The topological polar surface area (TPSA) is 0 Å². The molecule has 0 unspecified atom stereocenters. The van der Waals surface area contributed by atoms with Crippen molar-refractivity contribution in [1.82, 2.24) is 0 Å². The molecule has 0 N–H and O–H groups in total. The van der Waals surface area contributed by atoms with Crippen LogP contribution in [0.4, 0.5) is 0 Å². The third-order valence-electron chi connectivity index (χ3n) is 12.9. The lowest BCUT2D eigenvalue weighted by atomic mass is 9.80. The van der Waals surface area contributed by atoms with Gasteiger partial charge in [0.2, 0.25) is 0 Å². The highest BCUT2D eigenvalue weighted by Gasteiger charge is 2.39. The summed E-state index contributed by atoms with van der Waals surface area (Å²) in [6.07, 6.45) is 0. The molecule has 9 aromatic carbocycles. The van der Waals surface area contributed by atoms with Crippen LogP contribution in [0.15, 0.2) is 146 Å². The van der Waals surface area contributed by atoms with Crippen LogP contribution in [0.2, 0.25) is 0 Å². The molecule has 0 spiro atoms. The molecular weight excluding hydrogens is 613 g/mol. The second kappa shape index (κ2) is 8.73. The van der Waals surface area contributed by atoms with Gasteiger partial charge >= 0.3 is 0 Å². The molecule has 4 aliphatic carbocycles. The minimum absolute atomic E-state index is 0.104. The van der Waals surface area contributed by atoms with E-state index < -0.39 is 0 Å². The highest BCUT2D eigenvalue weighted by atomic mass is 14.4. The zero-order valence-electron chi connectivity index (χ0n) is 28.4. The number of hydrogen-bond donors (Lipinski definition) is 0. The van der Waals surface area contributed by atoms with Crippen LogP contribution in [0.3, 0.4) is 0 Å². The molecule has 0 fully saturated rings. The summed E-state index contributed by atoms with van der Waals surface area (Å²) in [6.45, 7) is 4.85. The van der Waals surface area contributed by atoms with E-state index in [0.29, 0.717) is 0 Å². The zero-order chi connectivity index (χ0) is 33.3. The molecule has 0 bridgehead atoms. The number of rotatable bonds is 1. The molecule has 0 saturated heterocycles. The first-order valence-electron chi connectivity index (χ1n) is 18.2. The highest BCUT2D eigenvalue weighted by Crippen LogP contribution is 2.59. The zero-order valence-corrected chi connectivity index (χ0v) is 28.4. The Morgan fingerprint density at radius 3 is 1.18 bits per heavy atom. The van der Waals surface area contributed by atoms with E-state index >= 15 is 0 Å². The largest absolute Gasteiger partial charge is 0.0616 e. The van der Waals surface area contributed by atoms with Crippen molar-refractivity contribution in [2.45, 2.75) is 19.3 Å². The van der Waals surface area contributed by atoms with Crippen LogP contribution in [0.1, 0.15) is 25.0 Å². The van der Waals surface area contributed by atoms with E-state index in [2.05, 4.69) is 159 Å². The maximum absolute atomic E-state index is 2.54. The maximum atomic E-state index is 2.54. The van der Waals surface area contributed by atoms with Gasteiger partial charge in [0.25, 0.3) is 0 Å². The summed E-state index contributed by atoms with van der Waals surface area (Å²) < 4.78 is 0. The van der Waals surface area contributed by atoms with Crippen molar-refractivity contribution < 1.29 is 0 Å². The Morgan fingerprint density at radius 1 is 0.275 bits per heavy atom. The minimum atomic E-state index is -0.104. The molecule has 13 rings (SSSR count). The Hall–Kier alpha value is -6.24. The lowest BCUT2D eigenvalue weighted by molar-refractivity contribution is 0.661. The number of benzene rings is 9. The molecule has 0 heteroatoms. The maximum Gasteiger partial charge on any atom is 0.0159 e. The quantitative estimate of drug-likeness (QED) is 0.167. The SMILES string of the molecule is CC1(C)c2cc3c(cc2-c2cc4c(cc21)-c1ccc(-c2ccc5c6c(cccc26)-c2ccccc2-5)c2cccc-4c12)-c1cccc2cccc-3c12. The van der Waals surface area contributed by atoms with Crippen molar-refractivity contribution in [3.05, 3.63) is 157 Å². The molecule has 0 nitrogen and oxygen atoms in total. The Balaban J connectivity index is 1.02. The van der Waals surface area contributed by atoms with E-state index in [1.165, 1.54) is 132 Å². The molecule has 9 aromatic rings. The molecule has 0 heterocycles. The lowest BCUT2D eigenvalue weighted by Gasteiger charge is -2.23. The van der Waals surface area contributed by atoms with Crippen molar-refractivity contribution in [2.75, 3.05) is 0 Å². The number of fused-ring (bicyclic) bond motifs is 12. The molecule has 234 valence electrons. The monoisotopic (exact) mass is 642 g/mol. The second-order valence-corrected chi connectivity index (χ2v) is 15.5. The van der Waals surface area contributed by atoms with Gasteiger partial charge in [0.1, 0.15) is 0 Å². The predicted octanol–water partition coefficient (Wildman–Crippen LogP) is 14.1. The summed E-state index contributed by atoms with van der Waals surface area (Å²) in [4.78, 5) is 0. The van der Waals surface area contributed by atoms with Crippen molar-refractivity contribution in [2.24, 2.45) is 0 Å². The summed E-state index contributed by atoms with van der Waals surface area (Å²) in [5.74, 6) is 0. The molecule has 0 saturated carbocycles. The Labute approximate surface area is 296 Å². The van der Waals surface area contributed by atoms with E-state index in [4.69, 9.17) is 0 Å². The Bertz CT molecular complexity index is 3110. The van der Waals surface area contributed by atoms with Crippen molar-refractivity contribution >= 4 is 32.3 Å². The summed E-state index contributed by atoms with van der Waals surface area (Å²) in [6, 6.07) is 55.8. The van der Waals surface area contributed by atoms with E-state index in [-0.39, 0.29) is 5.41 Å². The van der Waals surface area contributed by atoms with Gasteiger partial charge in [-0.3, -0.25) is 0 Å². The summed E-state index contributed by atoms with van der Waals surface area (Å²) >= 11 is 0. The molecule has 0 radical (unpaired) electrons. The first-order chi connectivity index (χ1) is 25.1. The summed E-state index contributed by atoms with van der Waals surface area (Å²) in [5, 5.41) is 8.15. The van der Waals surface area contributed by atoms with Gasteiger partial charge in [0.05, 0.1) is 0 Å². The summed E-state index contributed by atoms with van der Waals surface area (Å²) in [7, 11) is 0. The van der Waals surface area contributed by atoms with Gasteiger partial charge in [-0.25, -0.2) is 0 Å². The molecule has 4 aliphatic rings. The fourth-order valence-electron chi connectivity index (χ4n) is 10.6. The first-order valence-corrected chi connectivity index (χ1v) is 18.2. The van der Waals surface area contributed by atoms with Crippen LogP contribution in [-0.4, -0.2) is 0 Å². The van der Waals surface area contributed by atoms with E-state index in [9.17, 15) is 0 Å². The van der Waals surface area contributed by atoms with E-state index in [1.54, 1.807) is 0 Å². The third kappa shape index (κ3) is 3.03. The highest BCUT2D eigenvalue weighted by molar-refractivity contribution is 6.24. The van der Waals surface area contributed by atoms with Gasteiger partial charge in [-0.1, -0.05) is 135 Å². The van der Waals surface area contributed by atoms with Crippen LogP contribution in [0, 0.1) is 0 Å². The van der Waals surface area contributed by atoms with Gasteiger partial charge in [-0.2, -0.15) is 0 Å². The van der Waals surface area contributed by atoms with Crippen LogP contribution in [0.25, 0.3) is 121 Å². The standard InChI is InChI=1S/C51H30/c1-51(2)46-25-42-36-14-6-10-27-9-5-13-35(48(27)36)40(42)23-44(46)45-24-41-37-18-8-17-34-31(20-22-39(50(34)37)43(41)26-47(45)51)30-19-21-38-29-12-4-3-11-28(29)32-15-7-16-33(30)49(32)38/h3-26H,1-2H3. The second-order valence-electron chi connectivity index (χ2n) is 15.5. The molecule has 0 aromatic heterocycles. The number of hydrogen-bond acceptors (Lipinski definition) is 0. The molecule has 0 aliphatic heterocycles. The third-order valence-corrected chi connectivity index (χ3v) is 12.9. The van der Waals surface area contributed by atoms with E-state index in [0.717, 1.165) is 0 Å². The van der Waals surface area contributed by atoms with Gasteiger partial charge in [-0.15, -0.1) is 0 Å². The smallest absolute Gasteiger partial charge is 0.0159 e. The van der Waals surface area contributed by atoms with Gasteiger partial charge in [0, 0.05) is 5.41 Å². The minimum Gasteiger partial charge on any atom is -0.0616 e. The van der Waals surface area contributed by atoms with Gasteiger partial charge < -0.3 is 0 Å². The van der Waals surface area contributed by atoms with Gasteiger partial charge in [-0.05, 0) is 157 Å². The van der Waals surface area contributed by atoms with Crippen LogP contribution in [-0.2, 0) is 5.41 Å². The fourth-order valence-corrected chi connectivity index (χ4v) is 10.6. The molecule has 0 amide bonds. The molecule has 0 atom stereocenters. The Morgan fingerprint density at radius 2 is 0.647 bits per heavy atom. The predicted molar refractivity (Wildman–Crippen MR) is 215 cm³/mol. The van der Waals surface area contributed by atoms with Crippen LogP contribution < -0.4 is 0 Å². The Kier molecular flexibility index (Phi) is 4.55. The normalized spacial score (nSPS) is 14.2. The van der Waals surface area contributed by atoms with E-state index in [1.807, 2.05) is 0 Å². The van der Waals surface area contributed by atoms with Crippen molar-refractivity contribution in [3.63, 3.8) is 0 Å². The van der Waals surface area contributed by atoms with Crippen LogP contribution in [0.5, 0.6) is 0 Å². The fraction of sp³-hybridized carbons (Fsp3) is 0.0588. The lowest BCUT2D eigenvalue weighted by Crippen LogP contribution is -2.15. The van der Waals surface area contributed by atoms with Crippen molar-refractivity contribution in [1.29, 1.82) is 0 Å². The van der Waals surface area contributed by atoms with Gasteiger partial charge in [0.15, 0.2) is 0 Å².